The Morgan fingerprint density at radius 2 is 1.91 bits per heavy atom. The maximum atomic E-state index is 11.5. The van der Waals surface area contributed by atoms with E-state index < -0.39 is 0 Å². The van der Waals surface area contributed by atoms with E-state index >= 15 is 0 Å². The first-order chi connectivity index (χ1) is 10.5. The fraction of sp³-hybridized carbons (Fsp3) is 0.850. The van der Waals surface area contributed by atoms with Crippen molar-refractivity contribution in [1.29, 1.82) is 0 Å². The largest absolute Gasteiger partial charge is 0.389 e. The maximum absolute atomic E-state index is 11.5. The highest BCUT2D eigenvalue weighted by molar-refractivity contribution is 5.56. The fourth-order valence-corrected chi connectivity index (χ4v) is 6.97. The minimum Gasteiger partial charge on any atom is -0.389 e. The van der Waals surface area contributed by atoms with Crippen LogP contribution in [0.15, 0.2) is 11.6 Å². The molecule has 0 radical (unpaired) electrons. The van der Waals surface area contributed by atoms with Crippen LogP contribution in [-0.2, 0) is 4.79 Å². The molecule has 122 valence electrons. The minimum absolute atomic E-state index is 0.209. The van der Waals surface area contributed by atoms with E-state index in [1.54, 1.807) is 5.57 Å². The van der Waals surface area contributed by atoms with Gasteiger partial charge in [0.2, 0.25) is 0 Å². The van der Waals surface area contributed by atoms with Gasteiger partial charge in [0.25, 0.3) is 0 Å². The number of allylic oxidation sites excluding steroid dienone is 1. The Labute approximate surface area is 134 Å². The van der Waals surface area contributed by atoms with Crippen molar-refractivity contribution in [3.05, 3.63) is 11.6 Å². The predicted molar refractivity (Wildman–Crippen MR) is 87.3 cm³/mol. The van der Waals surface area contributed by atoms with E-state index in [9.17, 15) is 9.90 Å². The molecule has 2 nitrogen and oxygen atoms in total. The Morgan fingerprint density at radius 1 is 1.09 bits per heavy atom. The van der Waals surface area contributed by atoms with Crippen LogP contribution < -0.4 is 0 Å². The molecule has 1 unspecified atom stereocenters. The van der Waals surface area contributed by atoms with Gasteiger partial charge in [-0.2, -0.15) is 0 Å². The number of hydrogen-bond acceptors (Lipinski definition) is 2. The molecule has 3 fully saturated rings. The normalized spacial score (nSPS) is 54.0. The topological polar surface area (TPSA) is 37.3 Å². The summed E-state index contributed by atoms with van der Waals surface area (Å²) in [5.74, 6) is 2.65. The molecule has 0 aromatic rings. The van der Waals surface area contributed by atoms with Gasteiger partial charge in [0.05, 0.1) is 6.10 Å². The van der Waals surface area contributed by atoms with Crippen molar-refractivity contribution in [2.75, 3.05) is 0 Å². The SMILES string of the molecule is C[C@]12CC[C@H](O)C=C1CC[C@@H]1[C@@H]2CC[C@]2(C)C(C=O)CC[C@@H]12. The van der Waals surface area contributed by atoms with Crippen LogP contribution in [0.4, 0.5) is 0 Å². The van der Waals surface area contributed by atoms with E-state index in [0.29, 0.717) is 11.3 Å². The number of aliphatic hydroxyl groups is 1. The molecular weight excluding hydrogens is 272 g/mol. The van der Waals surface area contributed by atoms with Gasteiger partial charge in [0.15, 0.2) is 0 Å². The van der Waals surface area contributed by atoms with Gasteiger partial charge in [-0.15, -0.1) is 0 Å². The van der Waals surface area contributed by atoms with E-state index in [4.69, 9.17) is 0 Å². The summed E-state index contributed by atoms with van der Waals surface area (Å²) in [5, 5.41) is 10.0. The Bertz CT molecular complexity index is 510. The molecule has 0 aromatic carbocycles. The molecule has 7 atom stereocenters. The number of aldehydes is 1. The van der Waals surface area contributed by atoms with Crippen LogP contribution in [0.3, 0.4) is 0 Å². The summed E-state index contributed by atoms with van der Waals surface area (Å²) in [6.07, 6.45) is 12.7. The lowest BCUT2D eigenvalue weighted by atomic mass is 9.47. The number of fused-ring (bicyclic) bond motifs is 5. The molecule has 4 aliphatic carbocycles. The van der Waals surface area contributed by atoms with E-state index in [1.165, 1.54) is 38.4 Å². The smallest absolute Gasteiger partial charge is 0.123 e. The predicted octanol–water partition coefficient (Wildman–Crippen LogP) is 4.13. The second-order valence-electron chi connectivity index (χ2n) is 9.00. The van der Waals surface area contributed by atoms with Crippen molar-refractivity contribution in [2.24, 2.45) is 34.5 Å². The molecule has 1 N–H and O–H groups in total. The zero-order chi connectivity index (χ0) is 15.5. The van der Waals surface area contributed by atoms with Crippen LogP contribution in [0, 0.1) is 34.5 Å². The highest BCUT2D eigenvalue weighted by Crippen LogP contribution is 2.66. The van der Waals surface area contributed by atoms with Crippen molar-refractivity contribution in [1.82, 2.24) is 0 Å². The van der Waals surface area contributed by atoms with Crippen molar-refractivity contribution < 1.29 is 9.90 Å². The third-order valence-corrected chi connectivity index (χ3v) is 8.33. The lowest BCUT2D eigenvalue weighted by molar-refractivity contribution is -0.118. The Kier molecular flexibility index (Phi) is 3.35. The van der Waals surface area contributed by atoms with Gasteiger partial charge in [0, 0.05) is 5.92 Å². The third kappa shape index (κ3) is 1.85. The molecule has 0 saturated heterocycles. The molecule has 0 heterocycles. The molecular formula is C20H30O2. The highest BCUT2D eigenvalue weighted by Gasteiger charge is 2.58. The first-order valence-corrected chi connectivity index (χ1v) is 9.33. The number of rotatable bonds is 1. The van der Waals surface area contributed by atoms with Gasteiger partial charge < -0.3 is 9.90 Å². The molecule has 4 rings (SSSR count). The zero-order valence-corrected chi connectivity index (χ0v) is 14.1. The molecule has 0 bridgehead atoms. The van der Waals surface area contributed by atoms with Crippen molar-refractivity contribution in [3.63, 3.8) is 0 Å². The van der Waals surface area contributed by atoms with Crippen molar-refractivity contribution in [3.8, 4) is 0 Å². The van der Waals surface area contributed by atoms with Gasteiger partial charge in [-0.25, -0.2) is 0 Å². The molecule has 0 spiro atoms. The minimum atomic E-state index is -0.209. The standard InChI is InChI=1S/C20H30O2/c1-19-9-7-15(22)11-13(19)3-5-16-17-6-4-14(12-21)20(17,2)10-8-18(16)19/h11-12,14-18,22H,3-10H2,1-2H3/t14?,15-,16-,17-,18-,19-,20+/m0/s1. The molecule has 0 aliphatic heterocycles. The second-order valence-corrected chi connectivity index (χ2v) is 9.00. The molecule has 3 saturated carbocycles. The lowest BCUT2D eigenvalue weighted by Crippen LogP contribution is -2.50. The Morgan fingerprint density at radius 3 is 2.68 bits per heavy atom. The Balaban J connectivity index is 1.67. The summed E-state index contributed by atoms with van der Waals surface area (Å²) in [7, 11) is 0. The van der Waals surface area contributed by atoms with E-state index in [2.05, 4.69) is 19.9 Å². The number of aliphatic hydroxyl groups excluding tert-OH is 1. The summed E-state index contributed by atoms with van der Waals surface area (Å²) >= 11 is 0. The van der Waals surface area contributed by atoms with Gasteiger partial charge in [-0.3, -0.25) is 0 Å². The van der Waals surface area contributed by atoms with Gasteiger partial charge in [-0.1, -0.05) is 25.5 Å². The lowest BCUT2D eigenvalue weighted by Gasteiger charge is -2.58. The quantitative estimate of drug-likeness (QED) is 0.584. The first kappa shape index (κ1) is 14.9. The van der Waals surface area contributed by atoms with Crippen LogP contribution in [0.5, 0.6) is 0 Å². The summed E-state index contributed by atoms with van der Waals surface area (Å²) in [6.45, 7) is 4.87. The average molecular weight is 302 g/mol. The monoisotopic (exact) mass is 302 g/mol. The molecule has 22 heavy (non-hydrogen) atoms. The summed E-state index contributed by atoms with van der Waals surface area (Å²) in [5.41, 5.74) is 2.14. The number of hydrogen-bond donors (Lipinski definition) is 1. The van der Waals surface area contributed by atoms with Crippen LogP contribution in [-0.4, -0.2) is 17.5 Å². The van der Waals surface area contributed by atoms with Crippen molar-refractivity contribution in [2.45, 2.75) is 71.3 Å². The van der Waals surface area contributed by atoms with Crippen LogP contribution in [0.1, 0.15) is 65.2 Å². The summed E-state index contributed by atoms with van der Waals surface area (Å²) < 4.78 is 0. The maximum Gasteiger partial charge on any atom is 0.123 e. The van der Waals surface area contributed by atoms with Crippen LogP contribution in [0.25, 0.3) is 0 Å². The van der Waals surface area contributed by atoms with Gasteiger partial charge >= 0.3 is 0 Å². The zero-order valence-electron chi connectivity index (χ0n) is 14.1. The molecule has 0 amide bonds. The molecule has 2 heteroatoms. The van der Waals surface area contributed by atoms with Gasteiger partial charge in [-0.05, 0) is 80.0 Å². The molecule has 0 aromatic heterocycles. The molecule has 4 aliphatic rings. The third-order valence-electron chi connectivity index (χ3n) is 8.33. The summed E-state index contributed by atoms with van der Waals surface area (Å²) in [4.78, 5) is 11.5. The second kappa shape index (κ2) is 4.93. The fourth-order valence-electron chi connectivity index (χ4n) is 6.97. The van der Waals surface area contributed by atoms with E-state index in [0.717, 1.165) is 37.0 Å². The van der Waals surface area contributed by atoms with E-state index in [-0.39, 0.29) is 11.5 Å². The Hall–Kier alpha value is -0.630. The summed E-state index contributed by atoms with van der Waals surface area (Å²) in [6, 6.07) is 0. The van der Waals surface area contributed by atoms with Gasteiger partial charge in [0.1, 0.15) is 6.29 Å². The number of carbonyl (C=O) groups is 1. The number of carbonyl (C=O) groups excluding carboxylic acids is 1. The average Bonchev–Trinajstić information content (AvgIpc) is 2.84. The van der Waals surface area contributed by atoms with Crippen molar-refractivity contribution >= 4 is 6.29 Å². The highest BCUT2D eigenvalue weighted by atomic mass is 16.3. The van der Waals surface area contributed by atoms with Crippen LogP contribution in [0.2, 0.25) is 0 Å². The van der Waals surface area contributed by atoms with E-state index in [1.807, 2.05) is 0 Å². The first-order valence-electron chi connectivity index (χ1n) is 9.33. The van der Waals surface area contributed by atoms with Crippen LogP contribution >= 0.6 is 0 Å².